The topological polar surface area (TPSA) is 66.5 Å². The normalized spacial score (nSPS) is 15.6. The molecule has 1 heterocycles. The zero-order valence-corrected chi connectivity index (χ0v) is 14.7. The van der Waals surface area contributed by atoms with E-state index in [0.29, 0.717) is 0 Å². The van der Waals surface area contributed by atoms with Crippen molar-refractivity contribution in [1.29, 1.82) is 0 Å². The van der Waals surface area contributed by atoms with Crippen molar-refractivity contribution in [3.05, 3.63) is 70.4 Å². The number of anilines is 1. The second-order valence-electron chi connectivity index (χ2n) is 5.71. The zero-order valence-electron chi connectivity index (χ0n) is 13.9. The number of aryl methyl sites for hydroxylation is 1. The van der Waals surface area contributed by atoms with Crippen LogP contribution in [0.3, 0.4) is 0 Å². The van der Waals surface area contributed by atoms with Gasteiger partial charge in [-0.25, -0.2) is 4.39 Å². The Balaban J connectivity index is 1.71. The van der Waals surface area contributed by atoms with Crippen LogP contribution in [0.25, 0.3) is 6.08 Å². The van der Waals surface area contributed by atoms with Crippen LogP contribution in [-0.2, 0) is 9.59 Å². The molecule has 0 spiro atoms. The summed E-state index contributed by atoms with van der Waals surface area (Å²) in [5.41, 5.74) is 1.83. The molecule has 5 nitrogen and oxygen atoms in total. The number of halogens is 1. The van der Waals surface area contributed by atoms with Crippen molar-refractivity contribution in [3.63, 3.8) is 0 Å². The van der Waals surface area contributed by atoms with E-state index in [0.717, 1.165) is 27.8 Å². The largest absolute Gasteiger partial charge is 0.322 e. The summed E-state index contributed by atoms with van der Waals surface area (Å²) in [6, 6.07) is 13.2. The summed E-state index contributed by atoms with van der Waals surface area (Å²) in [5.74, 6) is -1.77. The number of nitrogens with zero attached hydrogens (tertiary/aromatic N) is 1. The van der Waals surface area contributed by atoms with Gasteiger partial charge in [0.15, 0.2) is 0 Å². The lowest BCUT2D eigenvalue weighted by atomic mass is 10.1. The van der Waals surface area contributed by atoms with Crippen molar-refractivity contribution >= 4 is 40.6 Å². The van der Waals surface area contributed by atoms with Gasteiger partial charge >= 0.3 is 0 Å². The van der Waals surface area contributed by atoms with Crippen LogP contribution in [0.4, 0.5) is 14.9 Å². The molecule has 0 aliphatic carbocycles. The molecule has 1 aliphatic heterocycles. The summed E-state index contributed by atoms with van der Waals surface area (Å²) in [4.78, 5) is 37.7. The van der Waals surface area contributed by atoms with E-state index in [1.54, 1.807) is 12.1 Å². The third-order valence-corrected chi connectivity index (χ3v) is 4.57. The highest BCUT2D eigenvalue weighted by molar-refractivity contribution is 8.18. The third-order valence-electron chi connectivity index (χ3n) is 3.66. The molecule has 7 heteroatoms. The lowest BCUT2D eigenvalue weighted by molar-refractivity contribution is -0.127. The van der Waals surface area contributed by atoms with Crippen molar-refractivity contribution < 1.29 is 18.8 Å². The number of carbonyl (C=O) groups excluding carboxylic acids is 3. The molecule has 2 aromatic carbocycles. The molecule has 3 amide bonds. The van der Waals surface area contributed by atoms with Crippen LogP contribution in [0, 0.1) is 12.7 Å². The van der Waals surface area contributed by atoms with Crippen molar-refractivity contribution in [2.75, 3.05) is 11.9 Å². The van der Waals surface area contributed by atoms with Gasteiger partial charge < -0.3 is 5.32 Å². The summed E-state index contributed by atoms with van der Waals surface area (Å²) in [6.07, 6.45) is 1.62. The first kappa shape index (κ1) is 17.9. The average Bonchev–Trinajstić information content (AvgIpc) is 2.84. The van der Waals surface area contributed by atoms with E-state index in [-0.39, 0.29) is 10.6 Å². The molecule has 2 aromatic rings. The van der Waals surface area contributed by atoms with Gasteiger partial charge in [0, 0.05) is 0 Å². The number of hydrogen-bond acceptors (Lipinski definition) is 4. The molecule has 132 valence electrons. The van der Waals surface area contributed by atoms with Gasteiger partial charge in [0.25, 0.3) is 11.1 Å². The van der Waals surface area contributed by atoms with Gasteiger partial charge in [-0.05, 0) is 42.5 Å². The molecule has 0 aromatic heterocycles. The number of thioether (sulfide) groups is 1. The number of carbonyl (C=O) groups is 3. The van der Waals surface area contributed by atoms with Gasteiger partial charge in [0.05, 0.1) is 10.6 Å². The summed E-state index contributed by atoms with van der Waals surface area (Å²) in [5, 5.41) is 1.83. The summed E-state index contributed by atoms with van der Waals surface area (Å²) in [6.45, 7) is 1.46. The summed E-state index contributed by atoms with van der Waals surface area (Å²) < 4.78 is 13.6. The van der Waals surface area contributed by atoms with Crippen LogP contribution in [0.2, 0.25) is 0 Å². The van der Waals surface area contributed by atoms with Crippen molar-refractivity contribution in [1.82, 2.24) is 4.90 Å². The minimum Gasteiger partial charge on any atom is -0.322 e. The molecule has 0 saturated carbocycles. The number of hydrogen-bond donors (Lipinski definition) is 1. The van der Waals surface area contributed by atoms with Gasteiger partial charge in [0.1, 0.15) is 12.4 Å². The molecule has 26 heavy (non-hydrogen) atoms. The standard InChI is InChI=1S/C19H15FN2O3S/c1-12-5-4-6-13(9-12)10-16-18(24)22(19(25)26-16)11-17(23)21-15-8-3-2-7-14(15)20/h2-10H,11H2,1H3,(H,21,23)/b16-10+. The van der Waals surface area contributed by atoms with E-state index in [1.807, 2.05) is 31.2 Å². The Hall–Kier alpha value is -2.93. The predicted octanol–water partition coefficient (Wildman–Crippen LogP) is 3.81. The first-order valence-electron chi connectivity index (χ1n) is 7.80. The van der Waals surface area contributed by atoms with Gasteiger partial charge in [-0.3, -0.25) is 19.3 Å². The highest BCUT2D eigenvalue weighted by Gasteiger charge is 2.36. The van der Waals surface area contributed by atoms with Crippen LogP contribution in [0.15, 0.2) is 53.4 Å². The molecule has 3 rings (SSSR count). The van der Waals surface area contributed by atoms with Crippen LogP contribution < -0.4 is 5.32 Å². The Kier molecular flexibility index (Phi) is 5.18. The molecular weight excluding hydrogens is 355 g/mol. The Morgan fingerprint density at radius 2 is 1.96 bits per heavy atom. The van der Waals surface area contributed by atoms with Gasteiger partial charge in [0.2, 0.25) is 5.91 Å². The quantitative estimate of drug-likeness (QED) is 0.831. The van der Waals surface area contributed by atoms with E-state index in [9.17, 15) is 18.8 Å². The van der Waals surface area contributed by atoms with Crippen molar-refractivity contribution in [2.24, 2.45) is 0 Å². The minimum atomic E-state index is -0.644. The fourth-order valence-electron chi connectivity index (χ4n) is 2.44. The van der Waals surface area contributed by atoms with Crippen LogP contribution in [0.5, 0.6) is 0 Å². The molecule has 1 fully saturated rings. The fourth-order valence-corrected chi connectivity index (χ4v) is 3.28. The Labute approximate surface area is 153 Å². The number of benzene rings is 2. The second-order valence-corrected chi connectivity index (χ2v) is 6.70. The van der Waals surface area contributed by atoms with Crippen LogP contribution >= 0.6 is 11.8 Å². The van der Waals surface area contributed by atoms with Gasteiger partial charge in [-0.2, -0.15) is 0 Å². The Morgan fingerprint density at radius 3 is 2.69 bits per heavy atom. The summed E-state index contributed by atoms with van der Waals surface area (Å²) in [7, 11) is 0. The number of imide groups is 1. The maximum Gasteiger partial charge on any atom is 0.294 e. The molecule has 1 N–H and O–H groups in total. The smallest absolute Gasteiger partial charge is 0.294 e. The van der Waals surface area contributed by atoms with E-state index >= 15 is 0 Å². The molecule has 1 aliphatic rings. The summed E-state index contributed by atoms with van der Waals surface area (Å²) >= 11 is 0.778. The van der Waals surface area contributed by atoms with Gasteiger partial charge in [-0.15, -0.1) is 0 Å². The van der Waals surface area contributed by atoms with E-state index in [4.69, 9.17) is 0 Å². The predicted molar refractivity (Wildman–Crippen MR) is 98.9 cm³/mol. The van der Waals surface area contributed by atoms with Crippen molar-refractivity contribution in [3.8, 4) is 0 Å². The maximum absolute atomic E-state index is 13.6. The van der Waals surface area contributed by atoms with E-state index in [2.05, 4.69) is 5.32 Å². The van der Waals surface area contributed by atoms with Crippen LogP contribution in [0.1, 0.15) is 11.1 Å². The number of rotatable bonds is 4. The highest BCUT2D eigenvalue weighted by atomic mass is 32.2. The van der Waals surface area contributed by atoms with E-state index < -0.39 is 29.4 Å². The first-order valence-corrected chi connectivity index (χ1v) is 8.62. The maximum atomic E-state index is 13.6. The lowest BCUT2D eigenvalue weighted by Crippen LogP contribution is -2.36. The second kappa shape index (κ2) is 7.53. The monoisotopic (exact) mass is 370 g/mol. The number of nitrogens with one attached hydrogen (secondary N) is 1. The van der Waals surface area contributed by atoms with Gasteiger partial charge in [-0.1, -0.05) is 42.0 Å². The zero-order chi connectivity index (χ0) is 18.7. The number of amides is 3. The van der Waals surface area contributed by atoms with E-state index in [1.165, 1.54) is 18.2 Å². The third kappa shape index (κ3) is 4.00. The fraction of sp³-hybridized carbons (Fsp3) is 0.105. The lowest BCUT2D eigenvalue weighted by Gasteiger charge is -2.12. The molecular formula is C19H15FN2O3S. The SMILES string of the molecule is Cc1cccc(/C=C2/SC(=O)N(CC(=O)Nc3ccccc3F)C2=O)c1. The van der Waals surface area contributed by atoms with Crippen LogP contribution in [-0.4, -0.2) is 28.5 Å². The molecule has 0 unspecified atom stereocenters. The average molecular weight is 370 g/mol. The molecule has 0 radical (unpaired) electrons. The first-order chi connectivity index (χ1) is 12.4. The molecule has 0 atom stereocenters. The Morgan fingerprint density at radius 1 is 1.19 bits per heavy atom. The number of para-hydroxylation sites is 1. The minimum absolute atomic E-state index is 0.000209. The highest BCUT2D eigenvalue weighted by Crippen LogP contribution is 2.32. The molecule has 0 bridgehead atoms. The Bertz CT molecular complexity index is 927. The van der Waals surface area contributed by atoms with Crippen molar-refractivity contribution in [2.45, 2.75) is 6.92 Å². The molecule has 1 saturated heterocycles.